The number of likely N-dealkylation sites (tertiary alicyclic amines) is 1. The van der Waals surface area contributed by atoms with Crippen molar-refractivity contribution >= 4 is 28.9 Å². The summed E-state index contributed by atoms with van der Waals surface area (Å²) in [5.74, 6) is -0.678. The van der Waals surface area contributed by atoms with E-state index in [9.17, 15) is 14.7 Å². The van der Waals surface area contributed by atoms with Gasteiger partial charge in [-0.05, 0) is 48.2 Å². The van der Waals surface area contributed by atoms with E-state index in [0.717, 1.165) is 49.2 Å². The van der Waals surface area contributed by atoms with Crippen LogP contribution in [0.4, 0.5) is 17.1 Å². The quantitative estimate of drug-likeness (QED) is 0.151. The zero-order chi connectivity index (χ0) is 33.3. The molecular weight excluding hydrogens is 612 g/mol. The molecule has 256 valence electrons. The Morgan fingerprint density at radius 2 is 1.56 bits per heavy atom. The van der Waals surface area contributed by atoms with Gasteiger partial charge in [-0.15, -0.1) is 0 Å². The predicted octanol–water partition coefficient (Wildman–Crippen LogP) is 5.28. The first-order valence-corrected chi connectivity index (χ1v) is 16.9. The summed E-state index contributed by atoms with van der Waals surface area (Å²) in [7, 11) is 0. The molecule has 0 bridgehead atoms. The van der Waals surface area contributed by atoms with E-state index in [1.165, 1.54) is 0 Å². The first-order valence-electron chi connectivity index (χ1n) is 16.9. The van der Waals surface area contributed by atoms with E-state index in [0.29, 0.717) is 62.4 Å². The summed E-state index contributed by atoms with van der Waals surface area (Å²) >= 11 is 0. The number of aliphatic hydroxyl groups is 1. The number of nitrogens with zero attached hydrogens (tertiary/aromatic N) is 1. The van der Waals surface area contributed by atoms with Crippen LogP contribution in [0.1, 0.15) is 74.0 Å². The van der Waals surface area contributed by atoms with Gasteiger partial charge in [0.1, 0.15) is 0 Å². The summed E-state index contributed by atoms with van der Waals surface area (Å²) < 4.78 is 25.0. The van der Waals surface area contributed by atoms with Crippen molar-refractivity contribution in [3.8, 4) is 0 Å². The van der Waals surface area contributed by atoms with Crippen LogP contribution >= 0.6 is 0 Å². The van der Waals surface area contributed by atoms with Gasteiger partial charge in [0, 0.05) is 63.0 Å². The zero-order valence-electron chi connectivity index (χ0n) is 27.3. The van der Waals surface area contributed by atoms with Crippen LogP contribution in [0.15, 0.2) is 72.8 Å². The smallest absolute Gasteiger partial charge is 0.224 e. The van der Waals surface area contributed by atoms with Crippen molar-refractivity contribution < 1.29 is 33.6 Å². The number of nitrogens with one attached hydrogen (secondary N) is 2. The molecule has 11 heteroatoms. The Kier molecular flexibility index (Phi) is 11.4. The lowest BCUT2D eigenvalue weighted by atomic mass is 9.98. The molecule has 11 nitrogen and oxygen atoms in total. The molecule has 0 aromatic heterocycles. The molecule has 3 aliphatic rings. The van der Waals surface area contributed by atoms with Crippen LogP contribution in [0.5, 0.6) is 0 Å². The van der Waals surface area contributed by atoms with Crippen molar-refractivity contribution in [3.05, 3.63) is 89.5 Å². The first-order chi connectivity index (χ1) is 23.4. The molecule has 3 atom stereocenters. The second-order valence-corrected chi connectivity index (χ2v) is 12.8. The third-order valence-electron chi connectivity index (χ3n) is 9.24. The number of aliphatic hydroxyl groups excluding tert-OH is 1. The third-order valence-corrected chi connectivity index (χ3v) is 9.24. The molecule has 2 amide bonds. The van der Waals surface area contributed by atoms with Crippen LogP contribution in [0.25, 0.3) is 0 Å². The number of piperidine rings is 1. The van der Waals surface area contributed by atoms with Crippen LogP contribution in [-0.4, -0.2) is 66.6 Å². The minimum Gasteiger partial charge on any atom is -0.397 e. The van der Waals surface area contributed by atoms with Gasteiger partial charge >= 0.3 is 0 Å². The molecule has 5 N–H and O–H groups in total. The summed E-state index contributed by atoms with van der Waals surface area (Å²) in [6.07, 6.45) is 3.21. The maximum absolute atomic E-state index is 12.8. The normalized spacial score (nSPS) is 22.4. The Morgan fingerprint density at radius 1 is 0.854 bits per heavy atom. The number of carbonyl (C=O) groups excluding carboxylic acids is 2. The van der Waals surface area contributed by atoms with E-state index in [2.05, 4.69) is 15.5 Å². The van der Waals surface area contributed by atoms with Crippen molar-refractivity contribution in [1.29, 1.82) is 0 Å². The van der Waals surface area contributed by atoms with Crippen molar-refractivity contribution in [2.75, 3.05) is 49.2 Å². The van der Waals surface area contributed by atoms with Crippen molar-refractivity contribution in [3.63, 3.8) is 0 Å². The van der Waals surface area contributed by atoms with E-state index >= 15 is 0 Å². The number of ether oxygens (including phenoxy) is 4. The van der Waals surface area contributed by atoms with Crippen LogP contribution < -0.4 is 16.4 Å². The number of amides is 2. The molecule has 3 saturated heterocycles. The number of hydrogen-bond donors (Lipinski definition) is 4. The van der Waals surface area contributed by atoms with E-state index in [-0.39, 0.29) is 30.6 Å². The minimum atomic E-state index is -0.627. The number of unbranched alkanes of at least 4 members (excludes halogenated alkanes) is 1. The Hall–Kier alpha value is -3.84. The Balaban J connectivity index is 1.04. The highest BCUT2D eigenvalue weighted by atomic mass is 16.7. The summed E-state index contributed by atoms with van der Waals surface area (Å²) in [6, 6.07) is 22.6. The van der Waals surface area contributed by atoms with E-state index in [4.69, 9.17) is 24.7 Å². The lowest BCUT2D eigenvalue weighted by molar-refractivity contribution is -0.255. The van der Waals surface area contributed by atoms with Crippen LogP contribution in [-0.2, 0) is 35.1 Å². The number of carbonyl (C=O) groups is 2. The highest BCUT2D eigenvalue weighted by Gasteiger charge is 2.41. The van der Waals surface area contributed by atoms with Gasteiger partial charge in [-0.2, -0.15) is 0 Å². The van der Waals surface area contributed by atoms with E-state index in [1.807, 2.05) is 60.7 Å². The van der Waals surface area contributed by atoms with Gasteiger partial charge in [0.05, 0.1) is 43.4 Å². The lowest BCUT2D eigenvalue weighted by Gasteiger charge is -2.41. The fourth-order valence-electron chi connectivity index (χ4n) is 6.56. The van der Waals surface area contributed by atoms with Crippen molar-refractivity contribution in [2.45, 2.75) is 75.8 Å². The number of nitrogens with two attached hydrogens (primary N) is 1. The molecule has 3 aliphatic heterocycles. The van der Waals surface area contributed by atoms with Gasteiger partial charge in [0.15, 0.2) is 12.1 Å². The van der Waals surface area contributed by atoms with Gasteiger partial charge < -0.3 is 45.3 Å². The van der Waals surface area contributed by atoms with Gasteiger partial charge in [0.25, 0.3) is 0 Å². The minimum absolute atomic E-state index is 0.0122. The largest absolute Gasteiger partial charge is 0.397 e. The highest BCUT2D eigenvalue weighted by Crippen LogP contribution is 2.39. The number of benzene rings is 3. The number of nitrogen functional groups attached to an aromatic ring is 1. The molecule has 3 aromatic carbocycles. The lowest BCUT2D eigenvalue weighted by Crippen LogP contribution is -2.48. The molecule has 48 heavy (non-hydrogen) atoms. The highest BCUT2D eigenvalue weighted by molar-refractivity contribution is 5.94. The molecule has 3 aromatic rings. The Morgan fingerprint density at radius 3 is 2.27 bits per heavy atom. The topological polar surface area (TPSA) is 145 Å². The molecule has 3 fully saturated rings. The first kappa shape index (κ1) is 34.0. The molecular formula is C37H46N4O7. The van der Waals surface area contributed by atoms with Crippen LogP contribution in [0.3, 0.4) is 0 Å². The maximum atomic E-state index is 12.8. The number of rotatable bonds is 12. The average molecular weight is 659 g/mol. The number of anilines is 3. The monoisotopic (exact) mass is 658 g/mol. The second-order valence-electron chi connectivity index (χ2n) is 12.8. The number of para-hydroxylation sites is 2. The average Bonchev–Trinajstić information content (AvgIpc) is 3.57. The molecule has 0 radical (unpaired) electrons. The Bertz CT molecular complexity index is 1520. The molecule has 0 saturated carbocycles. The van der Waals surface area contributed by atoms with Gasteiger partial charge in [-0.25, -0.2) is 0 Å². The summed E-state index contributed by atoms with van der Waals surface area (Å²) in [5, 5.41) is 15.3. The molecule has 3 heterocycles. The summed E-state index contributed by atoms with van der Waals surface area (Å²) in [4.78, 5) is 27.5. The Labute approximate surface area is 281 Å². The second kappa shape index (κ2) is 16.0. The van der Waals surface area contributed by atoms with Gasteiger partial charge in [-0.3, -0.25) is 9.59 Å². The predicted molar refractivity (Wildman–Crippen MR) is 182 cm³/mol. The van der Waals surface area contributed by atoms with Gasteiger partial charge in [0.2, 0.25) is 11.8 Å². The zero-order valence-corrected chi connectivity index (χ0v) is 27.3. The fourth-order valence-corrected chi connectivity index (χ4v) is 6.56. The third kappa shape index (κ3) is 8.98. The fraction of sp³-hybridized carbons (Fsp3) is 0.459. The van der Waals surface area contributed by atoms with Gasteiger partial charge in [-0.1, -0.05) is 48.5 Å². The van der Waals surface area contributed by atoms with E-state index in [1.54, 1.807) is 12.1 Å². The van der Waals surface area contributed by atoms with Crippen molar-refractivity contribution in [2.24, 2.45) is 0 Å². The van der Waals surface area contributed by atoms with E-state index < -0.39 is 12.1 Å². The summed E-state index contributed by atoms with van der Waals surface area (Å²) in [6.45, 7) is 3.80. The van der Waals surface area contributed by atoms with Crippen LogP contribution in [0, 0.1) is 0 Å². The standard InChI is InChI=1S/C37H46N4O7/c38-31-8-1-2-9-32(31)40-35(44)11-4-3-10-34(43)39-29-7-5-6-28(22-29)36-47-30(23-33(48-36)27-14-12-26(25-42)13-15-27)24-41-18-16-37(17-19-41)45-20-21-46-37/h1-2,5-9,12-15,22,30,33,36,42H,3-4,10-11,16-21,23-25,38H2,(H,39,43)(H,40,44)/t30-,33+,36+/m1/s1. The maximum Gasteiger partial charge on any atom is 0.224 e. The van der Waals surface area contributed by atoms with Crippen LogP contribution in [0.2, 0.25) is 0 Å². The number of hydrogen-bond acceptors (Lipinski definition) is 9. The molecule has 1 spiro atoms. The van der Waals surface area contributed by atoms with Crippen molar-refractivity contribution in [1.82, 2.24) is 4.90 Å². The summed E-state index contributed by atoms with van der Waals surface area (Å²) in [5.41, 5.74) is 10.4. The molecule has 0 aliphatic carbocycles. The molecule has 6 rings (SSSR count). The SMILES string of the molecule is Nc1ccccc1NC(=O)CCCCC(=O)Nc1cccc([C@H]2O[C@@H](CN3CCC4(CC3)OCCO4)C[C@@H](c3ccc(CO)cc3)O2)c1. The molecule has 0 unspecified atom stereocenters.